The zero-order valence-electron chi connectivity index (χ0n) is 22.0. The quantitative estimate of drug-likeness (QED) is 0.188. The number of esters is 1. The van der Waals surface area contributed by atoms with Gasteiger partial charge in [-0.05, 0) is 53.9 Å². The van der Waals surface area contributed by atoms with Crippen molar-refractivity contribution >= 4 is 32.7 Å². The van der Waals surface area contributed by atoms with Gasteiger partial charge in [-0.15, -0.1) is 0 Å². The minimum absolute atomic E-state index is 0.257. The summed E-state index contributed by atoms with van der Waals surface area (Å²) in [5.74, 6) is 0.482. The molecule has 4 rings (SSSR count). The average molecular weight is 536 g/mol. The first-order valence-corrected chi connectivity index (χ1v) is 14.0. The summed E-state index contributed by atoms with van der Waals surface area (Å²) in [5, 5.41) is 2.04. The van der Waals surface area contributed by atoms with Crippen LogP contribution in [0.1, 0.15) is 31.2 Å². The molecule has 0 N–H and O–H groups in total. The van der Waals surface area contributed by atoms with Gasteiger partial charge in [0, 0.05) is 38.9 Å². The number of fused-ring (bicyclic) bond motifs is 1. The van der Waals surface area contributed by atoms with E-state index in [2.05, 4.69) is 4.99 Å². The summed E-state index contributed by atoms with van der Waals surface area (Å²) in [7, 11) is 1.53. The molecule has 8 nitrogen and oxygen atoms in total. The molecule has 0 amide bonds. The molecule has 0 aliphatic carbocycles. The number of carbonyl (C=O) groups excluding carboxylic acids is 1. The highest BCUT2D eigenvalue weighted by molar-refractivity contribution is 7.89. The van der Waals surface area contributed by atoms with Crippen LogP contribution in [0.15, 0.2) is 88.5 Å². The number of hydrogen-bond acceptors (Lipinski definition) is 7. The van der Waals surface area contributed by atoms with Crippen molar-refractivity contribution in [1.82, 2.24) is 9.21 Å². The molecule has 0 aromatic heterocycles. The third-order valence-electron chi connectivity index (χ3n) is 6.48. The van der Waals surface area contributed by atoms with E-state index in [1.807, 2.05) is 54.4 Å². The molecule has 0 spiro atoms. The molecular formula is C29H33N3O5S. The number of methoxy groups -OCH3 is 1. The number of benzene rings is 3. The molecule has 1 aliphatic rings. The molecular weight excluding hydrogens is 502 g/mol. The van der Waals surface area contributed by atoms with Gasteiger partial charge in [-0.25, -0.2) is 22.5 Å². The van der Waals surface area contributed by atoms with Gasteiger partial charge in [-0.2, -0.15) is 0 Å². The number of cyclic esters (lactones) is 1. The van der Waals surface area contributed by atoms with Gasteiger partial charge in [-0.3, -0.25) is 0 Å². The van der Waals surface area contributed by atoms with Crippen LogP contribution in [0.5, 0.6) is 5.75 Å². The van der Waals surface area contributed by atoms with Crippen molar-refractivity contribution in [3.63, 3.8) is 0 Å². The third kappa shape index (κ3) is 6.41. The van der Waals surface area contributed by atoms with E-state index in [9.17, 15) is 13.2 Å². The van der Waals surface area contributed by atoms with Crippen LogP contribution >= 0.6 is 0 Å². The normalized spacial score (nSPS) is 14.7. The summed E-state index contributed by atoms with van der Waals surface area (Å²) < 4.78 is 37.4. The molecule has 1 aliphatic heterocycles. The highest BCUT2D eigenvalue weighted by Gasteiger charge is 2.25. The van der Waals surface area contributed by atoms with Gasteiger partial charge >= 0.3 is 5.97 Å². The van der Waals surface area contributed by atoms with Crippen molar-refractivity contribution in [3.05, 3.63) is 84.2 Å². The van der Waals surface area contributed by atoms with E-state index in [4.69, 9.17) is 9.47 Å². The third-order valence-corrected chi connectivity index (χ3v) is 8.36. The van der Waals surface area contributed by atoms with Crippen molar-refractivity contribution in [3.8, 4) is 5.75 Å². The highest BCUT2D eigenvalue weighted by atomic mass is 32.2. The van der Waals surface area contributed by atoms with Gasteiger partial charge in [0.1, 0.15) is 5.75 Å². The first kappa shape index (κ1) is 27.3. The summed E-state index contributed by atoms with van der Waals surface area (Å²) in [4.78, 5) is 19.1. The zero-order chi connectivity index (χ0) is 27.1. The van der Waals surface area contributed by atoms with E-state index in [0.717, 1.165) is 48.6 Å². The lowest BCUT2D eigenvalue weighted by Crippen LogP contribution is -2.28. The van der Waals surface area contributed by atoms with Crippen LogP contribution in [0.25, 0.3) is 10.8 Å². The first-order chi connectivity index (χ1) is 18.3. The smallest absolute Gasteiger partial charge is 0.365 e. The van der Waals surface area contributed by atoms with Gasteiger partial charge in [0.15, 0.2) is 5.70 Å². The molecule has 0 unspecified atom stereocenters. The maximum Gasteiger partial charge on any atom is 0.365 e. The Balaban J connectivity index is 1.23. The van der Waals surface area contributed by atoms with Crippen molar-refractivity contribution in [2.75, 3.05) is 34.3 Å². The van der Waals surface area contributed by atoms with E-state index >= 15 is 0 Å². The fourth-order valence-electron chi connectivity index (χ4n) is 4.30. The van der Waals surface area contributed by atoms with Crippen LogP contribution in [0.3, 0.4) is 0 Å². The van der Waals surface area contributed by atoms with Gasteiger partial charge in [0.2, 0.25) is 15.9 Å². The lowest BCUT2D eigenvalue weighted by molar-refractivity contribution is -0.130. The molecule has 0 radical (unpaired) electrons. The Kier molecular flexibility index (Phi) is 8.81. The summed E-state index contributed by atoms with van der Waals surface area (Å²) in [6, 6.07) is 20.2. The maximum absolute atomic E-state index is 12.7. The number of carbonyl (C=O) groups is 1. The molecule has 200 valence electrons. The molecule has 1 heterocycles. The van der Waals surface area contributed by atoms with Crippen LogP contribution in [-0.2, 0) is 19.6 Å². The van der Waals surface area contributed by atoms with E-state index in [-0.39, 0.29) is 10.6 Å². The van der Waals surface area contributed by atoms with E-state index in [1.165, 1.54) is 4.31 Å². The average Bonchev–Trinajstić information content (AvgIpc) is 3.29. The number of aliphatic imine (C=N–C) groups is 1. The van der Waals surface area contributed by atoms with Crippen LogP contribution in [0, 0.1) is 0 Å². The largest absolute Gasteiger partial charge is 0.497 e. The molecule has 0 fully saturated rings. The van der Waals surface area contributed by atoms with Crippen molar-refractivity contribution in [2.45, 2.75) is 30.6 Å². The highest BCUT2D eigenvalue weighted by Crippen LogP contribution is 2.24. The number of nitrogens with zero attached hydrogens (tertiary/aromatic N) is 3. The molecule has 9 heteroatoms. The van der Waals surface area contributed by atoms with Crippen molar-refractivity contribution < 1.29 is 22.7 Å². The summed E-state index contributed by atoms with van der Waals surface area (Å²) >= 11 is 0. The molecule has 3 aromatic rings. The van der Waals surface area contributed by atoms with E-state index < -0.39 is 16.0 Å². The zero-order valence-corrected chi connectivity index (χ0v) is 22.8. The molecule has 0 atom stereocenters. The first-order valence-electron chi connectivity index (χ1n) is 12.6. The summed E-state index contributed by atoms with van der Waals surface area (Å²) in [6.07, 6.45) is 5.23. The van der Waals surface area contributed by atoms with Crippen LogP contribution in [0.2, 0.25) is 0 Å². The number of unbranched alkanes of at least 4 members (excludes halogenated alkanes) is 3. The van der Waals surface area contributed by atoms with Gasteiger partial charge in [0.25, 0.3) is 0 Å². The number of rotatable bonds is 12. The van der Waals surface area contributed by atoms with Gasteiger partial charge < -0.3 is 14.4 Å². The Morgan fingerprint density at radius 3 is 2.32 bits per heavy atom. The van der Waals surface area contributed by atoms with E-state index in [0.29, 0.717) is 18.2 Å². The van der Waals surface area contributed by atoms with Crippen LogP contribution in [0.4, 0.5) is 0 Å². The van der Waals surface area contributed by atoms with E-state index in [1.54, 1.807) is 44.6 Å². The van der Waals surface area contributed by atoms with Crippen LogP contribution < -0.4 is 4.74 Å². The topological polar surface area (TPSA) is 88.5 Å². The second-order valence-electron chi connectivity index (χ2n) is 9.24. The lowest BCUT2D eigenvalue weighted by Gasteiger charge is -2.17. The second kappa shape index (κ2) is 12.2. The number of hydrogen-bond donors (Lipinski definition) is 0. The Bertz CT molecular complexity index is 1440. The Morgan fingerprint density at radius 1 is 0.895 bits per heavy atom. The fourth-order valence-corrected chi connectivity index (χ4v) is 5.51. The summed E-state index contributed by atoms with van der Waals surface area (Å²) in [5.41, 5.74) is 1.07. The monoisotopic (exact) mass is 535 g/mol. The van der Waals surface area contributed by atoms with Crippen LogP contribution in [-0.4, -0.2) is 63.8 Å². The minimum Gasteiger partial charge on any atom is -0.497 e. The molecule has 0 bridgehead atoms. The van der Waals surface area contributed by atoms with Crippen molar-refractivity contribution in [1.29, 1.82) is 0 Å². The lowest BCUT2D eigenvalue weighted by atomic mass is 10.0. The second-order valence-corrected chi connectivity index (χ2v) is 11.3. The Hall–Kier alpha value is -3.69. The molecule has 0 saturated heterocycles. The molecule has 0 saturated carbocycles. The number of ether oxygens (including phenoxy) is 2. The minimum atomic E-state index is -3.52. The fraction of sp³-hybridized carbons (Fsp3) is 0.310. The predicted octanol–water partition coefficient (Wildman–Crippen LogP) is 4.81. The van der Waals surface area contributed by atoms with Crippen molar-refractivity contribution in [2.24, 2.45) is 4.99 Å². The Labute approximate surface area is 224 Å². The molecule has 3 aromatic carbocycles. The number of sulfonamides is 1. The predicted molar refractivity (Wildman–Crippen MR) is 149 cm³/mol. The Morgan fingerprint density at radius 2 is 1.58 bits per heavy atom. The molecule has 38 heavy (non-hydrogen) atoms. The summed E-state index contributed by atoms with van der Waals surface area (Å²) in [6.45, 7) is 1.20. The SMILES string of the molecule is COc1ccc(S(=O)(=O)N(C)CCCCCCN(C)/C=C2/N=C(c3cccc4ccccc34)OC2=O)cc1. The van der Waals surface area contributed by atoms with Gasteiger partial charge in [0.05, 0.1) is 12.0 Å². The standard InChI is InChI=1S/C29H33N3O5S/c1-31(19-8-4-5-9-20-32(2)38(34,35)24-17-15-23(36-3)16-18-24)21-27-29(33)37-28(30-27)26-14-10-12-22-11-6-7-13-25(22)26/h6-7,10-18,21H,4-5,8-9,19-20H2,1-3H3/b27-21+. The maximum atomic E-state index is 12.7. The van der Waals surface area contributed by atoms with Gasteiger partial charge in [-0.1, -0.05) is 49.2 Å².